The third kappa shape index (κ3) is 5.85. The maximum Gasteiger partial charge on any atom is 0.240 e. The molecule has 0 fully saturated rings. The number of hydrogen-bond donors (Lipinski definition) is 5. The summed E-state index contributed by atoms with van der Waals surface area (Å²) >= 11 is 5.09. The third-order valence-corrected chi connectivity index (χ3v) is 6.75. The molecule has 2 rings (SSSR count). The summed E-state index contributed by atoms with van der Waals surface area (Å²) in [6.45, 7) is 0. The van der Waals surface area contributed by atoms with E-state index in [4.69, 9.17) is 32.4 Å². The highest BCUT2D eigenvalue weighted by molar-refractivity contribution is 7.92. The summed E-state index contributed by atoms with van der Waals surface area (Å²) in [6, 6.07) is 7.61. The van der Waals surface area contributed by atoms with Gasteiger partial charge < -0.3 is 15.4 Å². The van der Waals surface area contributed by atoms with E-state index in [-0.39, 0.29) is 5.11 Å². The number of nitrogens with two attached hydrogens (primary N) is 3. The normalized spacial score (nSPS) is 12.3. The first-order valence-electron chi connectivity index (χ1n) is 7.61. The van der Waals surface area contributed by atoms with Crippen LogP contribution in [0.2, 0.25) is 0 Å². The van der Waals surface area contributed by atoms with E-state index in [9.17, 15) is 25.3 Å². The minimum atomic E-state index is -4.67. The number of nitrogens with one attached hydrogen (secondary N) is 2. The number of hydrogen-bond acceptors (Lipinski definition) is 8. The Morgan fingerprint density at radius 2 is 1.27 bits per heavy atom. The SMILES string of the molecule is COc1ccc(NC(=S)Nc2cc(S(N)(=O)=O)c(S(N)(=O)=O)cc2S(N)(=O)=O)cc1. The quantitative estimate of drug-likeness (QED) is 0.322. The number of thiocarbonyl (C=S) groups is 1. The van der Waals surface area contributed by atoms with Crippen LogP contribution in [-0.2, 0) is 30.1 Å². The molecule has 0 aliphatic carbocycles. The van der Waals surface area contributed by atoms with Crippen molar-refractivity contribution >= 4 is 58.8 Å². The van der Waals surface area contributed by atoms with Crippen LogP contribution in [0, 0.1) is 0 Å². The number of sulfonamides is 3. The van der Waals surface area contributed by atoms with Crippen molar-refractivity contribution in [2.45, 2.75) is 14.7 Å². The molecule has 0 bridgehead atoms. The summed E-state index contributed by atoms with van der Waals surface area (Å²) in [4.78, 5) is -2.74. The summed E-state index contributed by atoms with van der Waals surface area (Å²) in [5.74, 6) is 0.576. The second-order valence-electron chi connectivity index (χ2n) is 5.74. The van der Waals surface area contributed by atoms with Gasteiger partial charge in [0.2, 0.25) is 30.1 Å². The van der Waals surface area contributed by atoms with E-state index in [1.54, 1.807) is 24.3 Å². The molecule has 0 saturated heterocycles. The average molecular weight is 496 g/mol. The first-order valence-corrected chi connectivity index (χ1v) is 12.7. The molecule has 0 amide bonds. The highest BCUT2D eigenvalue weighted by Crippen LogP contribution is 2.30. The molecular weight excluding hydrogens is 478 g/mol. The van der Waals surface area contributed by atoms with Gasteiger partial charge in [-0.15, -0.1) is 0 Å². The summed E-state index contributed by atoms with van der Waals surface area (Å²) in [5.41, 5.74) is 0.0539. The van der Waals surface area contributed by atoms with Crippen LogP contribution in [0.5, 0.6) is 5.75 Å². The maximum atomic E-state index is 11.9. The molecule has 0 heterocycles. The molecule has 8 N–H and O–H groups in total. The molecule has 12 nitrogen and oxygen atoms in total. The Labute approximate surface area is 178 Å². The second-order valence-corrected chi connectivity index (χ2v) is 10.7. The van der Waals surface area contributed by atoms with Gasteiger partial charge in [-0.3, -0.25) is 0 Å². The van der Waals surface area contributed by atoms with E-state index in [1.165, 1.54) is 7.11 Å². The number of primary sulfonamides is 3. The van der Waals surface area contributed by atoms with E-state index < -0.39 is 50.4 Å². The first-order chi connectivity index (χ1) is 13.6. The standard InChI is InChI=1S/C14H17N5O7S4/c1-26-9-4-2-8(3-5-9)18-14(27)19-10-6-12(29(16,22)23)13(30(17,24)25)7-11(10)28(15,20)21/h2-7H,1H3,(H2,15,20,21)(H2,16,22,23)(H2,17,24,25)(H2,18,19,27). The summed E-state index contributed by atoms with van der Waals surface area (Å²) in [6.07, 6.45) is 0. The Morgan fingerprint density at radius 3 is 1.70 bits per heavy atom. The van der Waals surface area contributed by atoms with Crippen LogP contribution in [0.4, 0.5) is 11.4 Å². The van der Waals surface area contributed by atoms with E-state index in [0.717, 1.165) is 0 Å². The number of rotatable bonds is 6. The van der Waals surface area contributed by atoms with Crippen LogP contribution in [0.25, 0.3) is 0 Å². The molecule has 164 valence electrons. The Kier molecular flexibility index (Phi) is 6.72. The molecule has 0 atom stereocenters. The van der Waals surface area contributed by atoms with Crippen molar-refractivity contribution in [3.63, 3.8) is 0 Å². The predicted molar refractivity (Wildman–Crippen MR) is 113 cm³/mol. The van der Waals surface area contributed by atoms with Gasteiger partial charge in [0.05, 0.1) is 12.8 Å². The lowest BCUT2D eigenvalue weighted by Gasteiger charge is -2.16. The molecule has 0 aliphatic heterocycles. The lowest BCUT2D eigenvalue weighted by molar-refractivity contribution is 0.415. The number of anilines is 2. The van der Waals surface area contributed by atoms with E-state index in [0.29, 0.717) is 23.6 Å². The molecule has 0 unspecified atom stereocenters. The second kappa shape index (κ2) is 8.42. The van der Waals surface area contributed by atoms with Gasteiger partial charge >= 0.3 is 0 Å². The zero-order valence-electron chi connectivity index (χ0n) is 15.2. The fourth-order valence-corrected chi connectivity index (χ4v) is 5.22. The van der Waals surface area contributed by atoms with Gasteiger partial charge in [0.15, 0.2) is 5.11 Å². The van der Waals surface area contributed by atoms with Crippen molar-refractivity contribution in [1.29, 1.82) is 0 Å². The average Bonchev–Trinajstić information content (AvgIpc) is 2.59. The Hall–Kier alpha value is -2.34. The number of methoxy groups -OCH3 is 1. The highest BCUT2D eigenvalue weighted by Gasteiger charge is 2.28. The minimum absolute atomic E-state index is 0.159. The molecule has 30 heavy (non-hydrogen) atoms. The van der Waals surface area contributed by atoms with Gasteiger partial charge in [-0.25, -0.2) is 40.7 Å². The fraction of sp³-hybridized carbons (Fsp3) is 0.0714. The zero-order valence-corrected chi connectivity index (χ0v) is 18.5. The van der Waals surface area contributed by atoms with Crippen molar-refractivity contribution in [2.24, 2.45) is 15.4 Å². The van der Waals surface area contributed by atoms with Gasteiger partial charge in [0.25, 0.3) is 0 Å². The summed E-state index contributed by atoms with van der Waals surface area (Å²) in [5, 5.41) is 20.2. The van der Waals surface area contributed by atoms with E-state index in [1.807, 2.05) is 0 Å². The molecule has 2 aromatic carbocycles. The van der Waals surface area contributed by atoms with Crippen LogP contribution in [-0.4, -0.2) is 37.5 Å². The van der Waals surface area contributed by atoms with Gasteiger partial charge in [0, 0.05) is 5.69 Å². The third-order valence-electron chi connectivity index (χ3n) is 3.56. The van der Waals surface area contributed by atoms with E-state index >= 15 is 0 Å². The lowest BCUT2D eigenvalue weighted by Crippen LogP contribution is -2.26. The smallest absolute Gasteiger partial charge is 0.240 e. The van der Waals surface area contributed by atoms with Crippen molar-refractivity contribution in [3.05, 3.63) is 36.4 Å². The van der Waals surface area contributed by atoms with Crippen molar-refractivity contribution < 1.29 is 30.0 Å². The minimum Gasteiger partial charge on any atom is -0.497 e. The predicted octanol–water partition coefficient (Wildman–Crippen LogP) is -0.554. The van der Waals surface area contributed by atoms with E-state index in [2.05, 4.69) is 10.6 Å². The van der Waals surface area contributed by atoms with Gasteiger partial charge in [-0.2, -0.15) is 0 Å². The van der Waals surface area contributed by atoms with Crippen LogP contribution < -0.4 is 30.8 Å². The van der Waals surface area contributed by atoms with Gasteiger partial charge in [-0.05, 0) is 48.6 Å². The maximum absolute atomic E-state index is 11.9. The molecular formula is C14H17N5O7S4. The monoisotopic (exact) mass is 495 g/mol. The number of ether oxygens (including phenoxy) is 1. The molecule has 0 radical (unpaired) electrons. The molecule has 0 aliphatic rings. The van der Waals surface area contributed by atoms with Gasteiger partial charge in [-0.1, -0.05) is 0 Å². The lowest BCUT2D eigenvalue weighted by atomic mass is 10.3. The topological polar surface area (TPSA) is 214 Å². The summed E-state index contributed by atoms with van der Waals surface area (Å²) in [7, 11) is -12.3. The molecule has 2 aromatic rings. The fourth-order valence-electron chi connectivity index (χ4n) is 2.28. The van der Waals surface area contributed by atoms with Crippen LogP contribution in [0.15, 0.2) is 51.1 Å². The van der Waals surface area contributed by atoms with Crippen molar-refractivity contribution in [2.75, 3.05) is 17.7 Å². The Morgan fingerprint density at radius 1 is 0.800 bits per heavy atom. The molecule has 0 saturated carbocycles. The van der Waals surface area contributed by atoms with Crippen molar-refractivity contribution in [3.8, 4) is 5.75 Å². The molecule has 0 spiro atoms. The molecule has 16 heteroatoms. The zero-order chi connectivity index (χ0) is 22.9. The molecule has 0 aromatic heterocycles. The van der Waals surface area contributed by atoms with Crippen LogP contribution in [0.1, 0.15) is 0 Å². The van der Waals surface area contributed by atoms with Gasteiger partial charge in [0.1, 0.15) is 20.4 Å². The highest BCUT2D eigenvalue weighted by atomic mass is 32.2. The largest absolute Gasteiger partial charge is 0.497 e. The Balaban J connectivity index is 2.55. The Bertz CT molecular complexity index is 1310. The van der Waals surface area contributed by atoms with Crippen LogP contribution in [0.3, 0.4) is 0 Å². The summed E-state index contributed by atoms with van der Waals surface area (Å²) < 4.78 is 76.1. The number of benzene rings is 2. The van der Waals surface area contributed by atoms with Crippen molar-refractivity contribution in [1.82, 2.24) is 0 Å². The first kappa shape index (κ1) is 23.9. The van der Waals surface area contributed by atoms with Crippen LogP contribution >= 0.6 is 12.2 Å².